The van der Waals surface area contributed by atoms with E-state index in [1.54, 1.807) is 29.3 Å². The van der Waals surface area contributed by atoms with E-state index in [2.05, 4.69) is 0 Å². The average molecular weight is 380 g/mol. The number of aromatic nitrogens is 1. The summed E-state index contributed by atoms with van der Waals surface area (Å²) in [6.07, 6.45) is 1.53. The van der Waals surface area contributed by atoms with Crippen LogP contribution >= 0.6 is 0 Å². The molecule has 5 nitrogen and oxygen atoms in total. The van der Waals surface area contributed by atoms with E-state index in [-0.39, 0.29) is 23.5 Å². The maximum atomic E-state index is 13.7. The van der Waals surface area contributed by atoms with Crippen molar-refractivity contribution in [1.29, 1.82) is 0 Å². The minimum Gasteiger partial charge on any atom is -0.484 e. The van der Waals surface area contributed by atoms with Gasteiger partial charge in [0.15, 0.2) is 17.3 Å². The van der Waals surface area contributed by atoms with Crippen molar-refractivity contribution in [2.45, 2.75) is 26.0 Å². The molecule has 0 bridgehead atoms. The molecule has 28 heavy (non-hydrogen) atoms. The van der Waals surface area contributed by atoms with Gasteiger partial charge in [0.2, 0.25) is 5.91 Å². The van der Waals surface area contributed by atoms with E-state index >= 15 is 0 Å². The smallest absolute Gasteiger partial charge is 0.245 e. The molecule has 2 aromatic carbocycles. The largest absolute Gasteiger partial charge is 0.484 e. The van der Waals surface area contributed by atoms with Crippen molar-refractivity contribution < 1.29 is 18.7 Å². The van der Waals surface area contributed by atoms with Crippen LogP contribution in [0.5, 0.6) is 5.75 Å². The van der Waals surface area contributed by atoms with Gasteiger partial charge in [0, 0.05) is 22.7 Å². The third-order valence-electron chi connectivity index (χ3n) is 5.18. The first-order chi connectivity index (χ1) is 13.5. The highest BCUT2D eigenvalue weighted by Gasteiger charge is 2.35. The van der Waals surface area contributed by atoms with Gasteiger partial charge in [0.25, 0.3) is 0 Å². The van der Waals surface area contributed by atoms with Crippen LogP contribution in [0.3, 0.4) is 0 Å². The summed E-state index contributed by atoms with van der Waals surface area (Å²) in [6.45, 7) is 4.18. The van der Waals surface area contributed by atoms with Crippen LogP contribution in [0.2, 0.25) is 0 Å². The molecule has 0 aliphatic carbocycles. The summed E-state index contributed by atoms with van der Waals surface area (Å²) in [5, 5.41) is 0.846. The molecule has 0 spiro atoms. The summed E-state index contributed by atoms with van der Waals surface area (Å²) in [5.74, 6) is -0.285. The Balaban J connectivity index is 1.47. The Bertz CT molecular complexity index is 1050. The molecule has 1 fully saturated rings. The van der Waals surface area contributed by atoms with Gasteiger partial charge in [-0.1, -0.05) is 30.3 Å². The number of carbonyl (C=O) groups is 2. The minimum atomic E-state index is -0.451. The molecule has 1 atom stereocenters. The molecule has 6 heteroatoms. The van der Waals surface area contributed by atoms with E-state index in [0.717, 1.165) is 10.9 Å². The Morgan fingerprint density at radius 3 is 2.50 bits per heavy atom. The van der Waals surface area contributed by atoms with Crippen LogP contribution < -0.4 is 4.74 Å². The number of para-hydroxylation sites is 2. The topological polar surface area (TPSA) is 51.5 Å². The Morgan fingerprint density at radius 1 is 1.11 bits per heavy atom. The van der Waals surface area contributed by atoms with Crippen molar-refractivity contribution >= 4 is 22.6 Å². The number of amides is 1. The molecule has 1 aromatic heterocycles. The van der Waals surface area contributed by atoms with E-state index < -0.39 is 11.9 Å². The summed E-state index contributed by atoms with van der Waals surface area (Å²) in [5.41, 5.74) is 1.47. The molecular weight excluding hydrogens is 359 g/mol. The number of rotatable bonds is 5. The first-order valence-corrected chi connectivity index (χ1v) is 9.26. The number of ketones is 1. The van der Waals surface area contributed by atoms with Crippen LogP contribution in [0.4, 0.5) is 4.39 Å². The highest BCUT2D eigenvalue weighted by Crippen LogP contribution is 2.28. The van der Waals surface area contributed by atoms with Crippen molar-refractivity contribution in [3.8, 4) is 5.75 Å². The monoisotopic (exact) mass is 380 g/mol. The van der Waals surface area contributed by atoms with Crippen LogP contribution in [0, 0.1) is 5.82 Å². The fraction of sp³-hybridized carbons (Fsp3) is 0.273. The number of carbonyl (C=O) groups excluding carboxylic acids is 2. The standard InChI is InChI=1S/C22H21FN2O3/c1-14(25-13-18(15(2)26)17-7-3-5-9-20(17)25)22(27)24-11-16(12-24)28-21-10-6-4-8-19(21)23/h3-10,13-14,16H,11-12H2,1-2H3/t14-/m1/s1. The summed E-state index contributed by atoms with van der Waals surface area (Å²) in [6, 6.07) is 13.4. The first kappa shape index (κ1) is 18.2. The number of benzene rings is 2. The zero-order valence-corrected chi connectivity index (χ0v) is 15.8. The normalized spacial score (nSPS) is 15.3. The third kappa shape index (κ3) is 3.15. The molecule has 1 aliphatic heterocycles. The van der Waals surface area contributed by atoms with Gasteiger partial charge in [-0.25, -0.2) is 4.39 Å². The van der Waals surface area contributed by atoms with Crippen molar-refractivity contribution in [1.82, 2.24) is 9.47 Å². The highest BCUT2D eigenvalue weighted by molar-refractivity contribution is 6.07. The van der Waals surface area contributed by atoms with Gasteiger partial charge in [-0.2, -0.15) is 0 Å². The SMILES string of the molecule is CC(=O)c1cn([C@H](C)C(=O)N2CC(Oc3ccccc3F)C2)c2ccccc12. The van der Waals surface area contributed by atoms with E-state index in [9.17, 15) is 14.0 Å². The van der Waals surface area contributed by atoms with Crippen LogP contribution in [0.1, 0.15) is 30.2 Å². The number of fused-ring (bicyclic) bond motifs is 1. The van der Waals surface area contributed by atoms with Crippen LogP contribution in [0.25, 0.3) is 10.9 Å². The second-order valence-electron chi connectivity index (χ2n) is 7.11. The molecule has 144 valence electrons. The fourth-order valence-electron chi connectivity index (χ4n) is 3.60. The van der Waals surface area contributed by atoms with Crippen molar-refractivity contribution in [3.05, 3.63) is 66.1 Å². The molecule has 1 amide bonds. The lowest BCUT2D eigenvalue weighted by Crippen LogP contribution is -2.57. The number of ether oxygens (including phenoxy) is 1. The van der Waals surface area contributed by atoms with Crippen molar-refractivity contribution in [2.75, 3.05) is 13.1 Å². The first-order valence-electron chi connectivity index (χ1n) is 9.26. The quantitative estimate of drug-likeness (QED) is 0.632. The predicted octanol–water partition coefficient (Wildman–Crippen LogP) is 3.83. The summed E-state index contributed by atoms with van der Waals surface area (Å²) in [7, 11) is 0. The molecular formula is C22H21FN2O3. The van der Waals surface area contributed by atoms with Crippen LogP contribution in [-0.2, 0) is 4.79 Å². The minimum absolute atomic E-state index is 0.0306. The number of halogens is 1. The van der Waals surface area contributed by atoms with Gasteiger partial charge in [0.05, 0.1) is 13.1 Å². The number of Topliss-reactive ketones (excluding diaryl/α,β-unsaturated/α-hetero) is 1. The fourth-order valence-corrected chi connectivity index (χ4v) is 3.60. The molecule has 0 radical (unpaired) electrons. The number of hydrogen-bond acceptors (Lipinski definition) is 3. The van der Waals surface area contributed by atoms with Gasteiger partial charge in [-0.3, -0.25) is 9.59 Å². The van der Waals surface area contributed by atoms with Crippen LogP contribution in [-0.4, -0.2) is 40.4 Å². The molecule has 0 unspecified atom stereocenters. The molecule has 1 aliphatic rings. The third-order valence-corrected chi connectivity index (χ3v) is 5.18. The van der Waals surface area contributed by atoms with Crippen molar-refractivity contribution in [2.24, 2.45) is 0 Å². The molecule has 3 aromatic rings. The zero-order chi connectivity index (χ0) is 19.8. The summed E-state index contributed by atoms with van der Waals surface area (Å²) < 4.78 is 21.2. The zero-order valence-electron chi connectivity index (χ0n) is 15.8. The molecule has 1 saturated heterocycles. The molecule has 2 heterocycles. The Hall–Kier alpha value is -3.15. The van der Waals surface area contributed by atoms with Crippen LogP contribution in [0.15, 0.2) is 54.7 Å². The van der Waals surface area contributed by atoms with Gasteiger partial charge in [-0.05, 0) is 32.0 Å². The predicted molar refractivity (Wildman–Crippen MR) is 104 cm³/mol. The highest BCUT2D eigenvalue weighted by atomic mass is 19.1. The maximum absolute atomic E-state index is 13.7. The van der Waals surface area contributed by atoms with Gasteiger partial charge in [-0.15, -0.1) is 0 Å². The van der Waals surface area contributed by atoms with Crippen molar-refractivity contribution in [3.63, 3.8) is 0 Å². The second kappa shape index (κ2) is 7.11. The van der Waals surface area contributed by atoms with Gasteiger partial charge in [0.1, 0.15) is 12.1 Å². The number of likely N-dealkylation sites (tertiary alicyclic amines) is 1. The Labute approximate surface area is 162 Å². The number of nitrogens with zero attached hydrogens (tertiary/aromatic N) is 2. The average Bonchev–Trinajstić information content (AvgIpc) is 3.04. The molecule has 0 N–H and O–H groups in total. The summed E-state index contributed by atoms with van der Waals surface area (Å²) >= 11 is 0. The van der Waals surface area contributed by atoms with E-state index in [1.807, 2.05) is 35.8 Å². The van der Waals surface area contributed by atoms with E-state index in [4.69, 9.17) is 4.74 Å². The maximum Gasteiger partial charge on any atom is 0.245 e. The molecule has 0 saturated carbocycles. The Morgan fingerprint density at radius 2 is 1.79 bits per heavy atom. The second-order valence-corrected chi connectivity index (χ2v) is 7.11. The lowest BCUT2D eigenvalue weighted by Gasteiger charge is -2.40. The lowest BCUT2D eigenvalue weighted by atomic mass is 10.1. The van der Waals surface area contributed by atoms with Gasteiger partial charge >= 0.3 is 0 Å². The van der Waals surface area contributed by atoms with E-state index in [1.165, 1.54) is 13.0 Å². The van der Waals surface area contributed by atoms with Gasteiger partial charge < -0.3 is 14.2 Å². The lowest BCUT2D eigenvalue weighted by molar-refractivity contribution is -0.143. The van der Waals surface area contributed by atoms with E-state index in [0.29, 0.717) is 18.7 Å². The molecule has 4 rings (SSSR count). The number of hydrogen-bond donors (Lipinski definition) is 0. The summed E-state index contributed by atoms with van der Waals surface area (Å²) in [4.78, 5) is 26.6. The Kier molecular flexibility index (Phi) is 4.63.